The van der Waals surface area contributed by atoms with E-state index in [4.69, 9.17) is 4.98 Å². The zero-order valence-corrected chi connectivity index (χ0v) is 34.0. The Morgan fingerprint density at radius 1 is 0.968 bits per heavy atom. The quantitative estimate of drug-likeness (QED) is 0.117. The first-order chi connectivity index (χ1) is 29.2. The highest BCUT2D eigenvalue weighted by Crippen LogP contribution is 2.64. The van der Waals surface area contributed by atoms with Gasteiger partial charge in [0.2, 0.25) is 5.91 Å². The molecule has 1 saturated heterocycles. The molecule has 4 heterocycles. The Kier molecular flexibility index (Phi) is 10.8. The van der Waals surface area contributed by atoms with Crippen molar-refractivity contribution in [1.29, 1.82) is 0 Å². The van der Waals surface area contributed by atoms with Crippen molar-refractivity contribution in [1.82, 2.24) is 39.7 Å². The number of rotatable bonds is 8. The molecular formula is C43H42F7N9O3. The van der Waals surface area contributed by atoms with Crippen molar-refractivity contribution >= 4 is 28.7 Å². The Balaban J connectivity index is 1.23. The molecule has 2 aliphatic carbocycles. The summed E-state index contributed by atoms with van der Waals surface area (Å²) in [5.41, 5.74) is -2.97. The predicted molar refractivity (Wildman–Crippen MR) is 213 cm³/mol. The van der Waals surface area contributed by atoms with Crippen LogP contribution in [0.5, 0.6) is 0 Å². The number of benzene rings is 2. The number of urea groups is 1. The number of likely N-dealkylation sites (N-methyl/N-ethyl adjacent to an activating group) is 1. The number of aryl methyl sites for hydroxylation is 1. The number of pyridine rings is 1. The molecule has 5 aromatic rings. The van der Waals surface area contributed by atoms with Crippen molar-refractivity contribution in [2.75, 3.05) is 38.5 Å². The number of carbonyl (C=O) groups is 2. The number of anilines is 1. The van der Waals surface area contributed by atoms with E-state index in [1.807, 2.05) is 7.05 Å². The molecular weight excluding hydrogens is 824 g/mol. The predicted octanol–water partition coefficient (Wildman–Crippen LogP) is 6.73. The van der Waals surface area contributed by atoms with Crippen molar-refractivity contribution < 1.29 is 45.4 Å². The van der Waals surface area contributed by atoms with E-state index in [0.717, 1.165) is 12.1 Å². The summed E-state index contributed by atoms with van der Waals surface area (Å²) >= 11 is 0. The summed E-state index contributed by atoms with van der Waals surface area (Å²) in [5, 5.41) is 24.6. The summed E-state index contributed by atoms with van der Waals surface area (Å²) in [5.74, 6) is -3.28. The zero-order valence-electron chi connectivity index (χ0n) is 34.0. The lowest BCUT2D eigenvalue weighted by Gasteiger charge is -2.34. The van der Waals surface area contributed by atoms with Crippen molar-refractivity contribution in [3.63, 3.8) is 0 Å². The smallest absolute Gasteiger partial charge is 0.378 e. The van der Waals surface area contributed by atoms with Gasteiger partial charge < -0.3 is 20.2 Å². The number of fused-ring (bicyclic) bond motifs is 4. The largest absolute Gasteiger partial charge is 0.435 e. The van der Waals surface area contributed by atoms with Crippen molar-refractivity contribution in [2.24, 2.45) is 13.0 Å². The lowest BCUT2D eigenvalue weighted by Crippen LogP contribution is -2.48. The molecule has 62 heavy (non-hydrogen) atoms. The van der Waals surface area contributed by atoms with Crippen LogP contribution in [0.25, 0.3) is 22.0 Å². The van der Waals surface area contributed by atoms with Crippen LogP contribution in [0.2, 0.25) is 0 Å². The molecule has 8 rings (SSSR count). The first-order valence-corrected chi connectivity index (χ1v) is 20.0. The molecule has 3 aromatic heterocycles. The molecule has 0 spiro atoms. The van der Waals surface area contributed by atoms with Crippen LogP contribution in [0.3, 0.4) is 0 Å². The maximum atomic E-state index is 15.7. The number of para-hydroxylation sites is 1. The molecule has 19 heteroatoms. The molecule has 1 saturated carbocycles. The lowest BCUT2D eigenvalue weighted by molar-refractivity contribution is -0.144. The van der Waals surface area contributed by atoms with Gasteiger partial charge in [0, 0.05) is 67.3 Å². The Morgan fingerprint density at radius 2 is 1.68 bits per heavy atom. The molecule has 0 radical (unpaired) electrons. The highest BCUT2D eigenvalue weighted by atomic mass is 19.4. The second-order valence-corrected chi connectivity index (χ2v) is 16.6. The molecule has 3 unspecified atom stereocenters. The minimum atomic E-state index is -5.07. The van der Waals surface area contributed by atoms with Crippen LogP contribution in [0, 0.1) is 29.4 Å². The maximum absolute atomic E-state index is 15.7. The standard InChI is InChI=1S/C43H42F7N9O3/c1-41(2,62)13-12-26-8-9-27(28-6-5-7-30-36(28)57(4)55-39(30)53-40(61)58-16-14-56(3)15-17-58)35(51-26)32(20-23-18-24(44)21-25(45)19-23)52-33(60)22-59-38-34(37(54-59)43(48,49)50)29-10-11-31(29)42(38,46)47/h5-9,18-19,21,29,31-32,62H,10-11,14-17,20,22H2,1-4H3,(H,52,60)(H,53,55,61). The number of piperazine rings is 1. The number of halogens is 7. The average Bonchev–Trinajstić information content (AvgIpc) is 3.74. The number of aliphatic hydroxyl groups is 1. The van der Waals surface area contributed by atoms with Gasteiger partial charge in [0.1, 0.15) is 35.2 Å². The minimum absolute atomic E-state index is 0.0107. The van der Waals surface area contributed by atoms with Gasteiger partial charge in [-0.3, -0.25) is 19.5 Å². The Labute approximate surface area is 351 Å². The zero-order chi connectivity index (χ0) is 44.5. The lowest BCUT2D eigenvalue weighted by atomic mass is 9.73. The van der Waals surface area contributed by atoms with E-state index in [0.29, 0.717) is 59.0 Å². The Bertz CT molecular complexity index is 2630. The summed E-state index contributed by atoms with van der Waals surface area (Å²) in [6.45, 7) is 4.25. The summed E-state index contributed by atoms with van der Waals surface area (Å²) in [4.78, 5) is 36.0. The van der Waals surface area contributed by atoms with Crippen LogP contribution < -0.4 is 10.6 Å². The van der Waals surface area contributed by atoms with Gasteiger partial charge in [0.25, 0.3) is 5.92 Å². The fourth-order valence-electron chi connectivity index (χ4n) is 8.61. The number of alkyl halides is 5. The molecule has 3 amide bonds. The second-order valence-electron chi connectivity index (χ2n) is 16.6. The normalized spacial score (nSPS) is 19.0. The van der Waals surface area contributed by atoms with Crippen LogP contribution in [-0.2, 0) is 36.9 Å². The number of carbonyl (C=O) groups excluding carboxylic acids is 2. The molecule has 2 aromatic carbocycles. The van der Waals surface area contributed by atoms with Gasteiger partial charge in [-0.25, -0.2) is 18.6 Å². The maximum Gasteiger partial charge on any atom is 0.435 e. The number of hydrogen-bond acceptors (Lipinski definition) is 7. The van der Waals surface area contributed by atoms with E-state index in [2.05, 4.69) is 37.6 Å². The molecule has 3 atom stereocenters. The highest BCUT2D eigenvalue weighted by Gasteiger charge is 2.63. The van der Waals surface area contributed by atoms with Crippen molar-refractivity contribution in [3.05, 3.63) is 94.1 Å². The summed E-state index contributed by atoms with van der Waals surface area (Å²) in [6, 6.07) is 9.39. The van der Waals surface area contributed by atoms with Crippen LogP contribution in [-0.4, -0.2) is 90.2 Å². The van der Waals surface area contributed by atoms with Crippen molar-refractivity contribution in [2.45, 2.75) is 69.3 Å². The molecule has 3 aliphatic rings. The first-order valence-electron chi connectivity index (χ1n) is 20.0. The number of hydrogen-bond donors (Lipinski definition) is 3. The van der Waals surface area contributed by atoms with E-state index < -0.39 is 76.6 Å². The number of amides is 3. The molecule has 326 valence electrons. The Morgan fingerprint density at radius 3 is 2.32 bits per heavy atom. The van der Waals surface area contributed by atoms with Gasteiger partial charge in [-0.1, -0.05) is 18.1 Å². The third-order valence-corrected chi connectivity index (χ3v) is 11.6. The van der Waals surface area contributed by atoms with Crippen LogP contribution in [0.15, 0.2) is 48.5 Å². The summed E-state index contributed by atoms with van der Waals surface area (Å²) in [7, 11) is 3.62. The van der Waals surface area contributed by atoms with Gasteiger partial charge in [-0.15, -0.1) is 0 Å². The van der Waals surface area contributed by atoms with E-state index in [-0.39, 0.29) is 48.1 Å². The highest BCUT2D eigenvalue weighted by molar-refractivity contribution is 6.04. The number of nitrogens with zero attached hydrogens (tertiary/aromatic N) is 7. The van der Waals surface area contributed by atoms with Crippen LogP contribution in [0.4, 0.5) is 41.3 Å². The van der Waals surface area contributed by atoms with E-state index >= 15 is 8.78 Å². The monoisotopic (exact) mass is 865 g/mol. The first kappa shape index (κ1) is 42.7. The molecule has 1 aliphatic heterocycles. The van der Waals surface area contributed by atoms with Gasteiger partial charge in [0.05, 0.1) is 17.3 Å². The molecule has 12 nitrogen and oxygen atoms in total. The van der Waals surface area contributed by atoms with E-state index in [1.54, 1.807) is 42.3 Å². The summed E-state index contributed by atoms with van der Waals surface area (Å²) < 4.78 is 105. The fraction of sp³-hybridized carbons (Fsp3) is 0.419. The van der Waals surface area contributed by atoms with Crippen LogP contribution in [0.1, 0.15) is 72.6 Å². The molecule has 0 bridgehead atoms. The third-order valence-electron chi connectivity index (χ3n) is 11.6. The topological polar surface area (TPSA) is 133 Å². The fourth-order valence-corrected chi connectivity index (χ4v) is 8.61. The van der Waals surface area contributed by atoms with Crippen LogP contribution >= 0.6 is 0 Å². The van der Waals surface area contributed by atoms with Gasteiger partial charge in [0.15, 0.2) is 11.5 Å². The van der Waals surface area contributed by atoms with Gasteiger partial charge in [-0.2, -0.15) is 32.1 Å². The van der Waals surface area contributed by atoms with Gasteiger partial charge >= 0.3 is 12.2 Å². The second kappa shape index (κ2) is 15.7. The third kappa shape index (κ3) is 8.20. The van der Waals surface area contributed by atoms with E-state index in [1.165, 1.54) is 18.5 Å². The molecule has 3 N–H and O–H groups in total. The number of aromatic nitrogens is 5. The number of nitrogens with one attached hydrogen (secondary N) is 2. The Hall–Kier alpha value is -6.00. The minimum Gasteiger partial charge on any atom is -0.378 e. The average molecular weight is 866 g/mol. The van der Waals surface area contributed by atoms with E-state index in [9.17, 15) is 36.6 Å². The van der Waals surface area contributed by atoms with Crippen molar-refractivity contribution in [3.8, 4) is 23.0 Å². The molecule has 2 fully saturated rings. The summed E-state index contributed by atoms with van der Waals surface area (Å²) in [6.07, 6.45) is -5.28. The SMILES string of the molecule is CN1CCN(C(=O)Nc2nn(C)c3c(-c4ccc(C#CC(C)(C)O)nc4C(Cc4cc(F)cc(F)c4)NC(=O)Cn4nc(C(F)(F)F)c5c4C(F)(F)C4CCC54)cccc23)CC1. The van der Waals surface area contributed by atoms with Gasteiger partial charge in [-0.05, 0) is 87.9 Å².